The number of aromatic nitrogens is 2. The summed E-state index contributed by atoms with van der Waals surface area (Å²) in [6, 6.07) is 20.4. The molecule has 2 aromatic carbocycles. The zero-order chi connectivity index (χ0) is 24.3. The Bertz CT molecular complexity index is 1140. The minimum absolute atomic E-state index is 0. The van der Waals surface area contributed by atoms with E-state index < -0.39 is 5.60 Å². The molecule has 1 aromatic heterocycles. The average molecular weight is 546 g/mol. The van der Waals surface area contributed by atoms with E-state index in [0.717, 1.165) is 56.5 Å². The van der Waals surface area contributed by atoms with Crippen molar-refractivity contribution in [2.75, 3.05) is 19.6 Å². The molecule has 0 bridgehead atoms. The molecule has 0 spiro atoms. The lowest BCUT2D eigenvalue weighted by atomic mass is 9.78. The van der Waals surface area contributed by atoms with Crippen LogP contribution in [0.4, 0.5) is 0 Å². The molecule has 1 saturated carbocycles. The number of benzene rings is 2. The molecule has 1 amide bonds. The standard InChI is InChI=1S/C29H36N4O2.2ClH/c1-2-29(35)16-10-9-15-25(29)33-21-31-26(27(33)23-13-7-4-8-14-23)28(34)32-18-17-30-20-24(32)19-22-11-5-3-6-12-22;;/h3-8,11-14,21,24-25,30,35H,2,9-10,15-20H2,1H3;2*1H/t24-,25-,29+;;/m1../s1. The van der Waals surface area contributed by atoms with Crippen LogP contribution >= 0.6 is 24.8 Å². The molecule has 3 aromatic rings. The second-order valence-corrected chi connectivity index (χ2v) is 9.98. The van der Waals surface area contributed by atoms with Crippen molar-refractivity contribution < 1.29 is 9.90 Å². The number of nitrogens with zero attached hydrogens (tertiary/aromatic N) is 3. The van der Waals surface area contributed by atoms with Crippen LogP contribution in [0.5, 0.6) is 0 Å². The van der Waals surface area contributed by atoms with Crippen molar-refractivity contribution >= 4 is 30.7 Å². The summed E-state index contributed by atoms with van der Waals surface area (Å²) in [5.74, 6) is -0.0270. The van der Waals surface area contributed by atoms with Gasteiger partial charge in [-0.1, -0.05) is 80.4 Å². The van der Waals surface area contributed by atoms with Gasteiger partial charge in [-0.15, -0.1) is 24.8 Å². The molecule has 200 valence electrons. The normalized spacial score (nSPS) is 23.6. The highest BCUT2D eigenvalue weighted by molar-refractivity contribution is 5.98. The zero-order valence-corrected chi connectivity index (χ0v) is 23.0. The fourth-order valence-electron chi connectivity index (χ4n) is 5.88. The van der Waals surface area contributed by atoms with Gasteiger partial charge >= 0.3 is 0 Å². The minimum atomic E-state index is -0.784. The predicted molar refractivity (Wildman–Crippen MR) is 153 cm³/mol. The van der Waals surface area contributed by atoms with Gasteiger partial charge in [-0.25, -0.2) is 4.98 Å². The molecule has 5 rings (SSSR count). The molecule has 1 saturated heterocycles. The fraction of sp³-hybridized carbons (Fsp3) is 0.448. The first-order valence-electron chi connectivity index (χ1n) is 13.0. The van der Waals surface area contributed by atoms with Crippen LogP contribution in [-0.2, 0) is 6.42 Å². The third-order valence-corrected chi connectivity index (χ3v) is 7.87. The first-order chi connectivity index (χ1) is 17.1. The van der Waals surface area contributed by atoms with Gasteiger partial charge in [0.2, 0.25) is 0 Å². The van der Waals surface area contributed by atoms with Crippen LogP contribution in [-0.4, -0.2) is 56.7 Å². The minimum Gasteiger partial charge on any atom is -0.388 e. The number of carbonyl (C=O) groups excluding carboxylic acids is 1. The van der Waals surface area contributed by atoms with Crippen LogP contribution in [0.15, 0.2) is 67.0 Å². The van der Waals surface area contributed by atoms with Crippen molar-refractivity contribution in [3.63, 3.8) is 0 Å². The summed E-state index contributed by atoms with van der Waals surface area (Å²) in [4.78, 5) is 20.8. The fourth-order valence-corrected chi connectivity index (χ4v) is 5.88. The number of hydrogen-bond donors (Lipinski definition) is 2. The maximum atomic E-state index is 14.1. The summed E-state index contributed by atoms with van der Waals surface area (Å²) >= 11 is 0. The summed E-state index contributed by atoms with van der Waals surface area (Å²) < 4.78 is 2.10. The Hall–Kier alpha value is -2.38. The van der Waals surface area contributed by atoms with Crippen LogP contribution in [0.25, 0.3) is 11.3 Å². The molecule has 0 radical (unpaired) electrons. The van der Waals surface area contributed by atoms with E-state index in [4.69, 9.17) is 4.98 Å². The summed E-state index contributed by atoms with van der Waals surface area (Å²) in [5, 5.41) is 15.0. The molecular weight excluding hydrogens is 507 g/mol. The lowest BCUT2D eigenvalue weighted by Gasteiger charge is -2.41. The first kappa shape index (κ1) is 29.2. The number of nitrogens with one attached hydrogen (secondary N) is 1. The number of imidazole rings is 1. The maximum Gasteiger partial charge on any atom is 0.275 e. The van der Waals surface area contributed by atoms with Crippen molar-refractivity contribution in [3.05, 3.63) is 78.2 Å². The molecule has 37 heavy (non-hydrogen) atoms. The van der Waals surface area contributed by atoms with E-state index in [9.17, 15) is 9.90 Å². The third kappa shape index (κ3) is 6.04. The number of piperazine rings is 1. The second kappa shape index (κ2) is 12.9. The Balaban J connectivity index is 0.00000190. The van der Waals surface area contributed by atoms with E-state index >= 15 is 0 Å². The van der Waals surface area contributed by atoms with Crippen molar-refractivity contribution in [2.45, 2.75) is 63.1 Å². The molecule has 1 aliphatic carbocycles. The average Bonchev–Trinajstić information content (AvgIpc) is 3.35. The number of amides is 1. The Morgan fingerprint density at radius 3 is 2.49 bits per heavy atom. The molecule has 2 N–H and O–H groups in total. The molecule has 2 heterocycles. The SMILES string of the molecule is CC[C@]1(O)CCCC[C@H]1n1cnc(C(=O)N2CCNC[C@H]2Cc2ccccc2)c1-c1ccccc1.Cl.Cl. The number of rotatable bonds is 6. The lowest BCUT2D eigenvalue weighted by molar-refractivity contribution is -0.0439. The number of carbonyl (C=O) groups is 1. The lowest BCUT2D eigenvalue weighted by Crippen LogP contribution is -2.54. The smallest absolute Gasteiger partial charge is 0.275 e. The van der Waals surface area contributed by atoms with Crippen LogP contribution in [0.1, 0.15) is 61.1 Å². The van der Waals surface area contributed by atoms with Crippen molar-refractivity contribution in [1.29, 1.82) is 0 Å². The predicted octanol–water partition coefficient (Wildman–Crippen LogP) is 5.31. The molecule has 2 aliphatic rings. The highest BCUT2D eigenvalue weighted by Gasteiger charge is 2.41. The van der Waals surface area contributed by atoms with Gasteiger partial charge in [0.15, 0.2) is 5.69 Å². The first-order valence-corrected chi connectivity index (χ1v) is 13.0. The molecule has 0 unspecified atom stereocenters. The highest BCUT2D eigenvalue weighted by atomic mass is 35.5. The van der Waals surface area contributed by atoms with E-state index in [1.165, 1.54) is 5.56 Å². The Morgan fingerprint density at radius 2 is 1.78 bits per heavy atom. The topological polar surface area (TPSA) is 70.4 Å². The van der Waals surface area contributed by atoms with Gasteiger partial charge in [0.25, 0.3) is 5.91 Å². The Kier molecular flexibility index (Phi) is 10.2. The monoisotopic (exact) mass is 544 g/mol. The van der Waals surface area contributed by atoms with Crippen LogP contribution in [0.2, 0.25) is 0 Å². The summed E-state index contributed by atoms with van der Waals surface area (Å²) in [6.07, 6.45) is 7.05. The summed E-state index contributed by atoms with van der Waals surface area (Å²) in [6.45, 7) is 4.25. The molecule has 3 atom stereocenters. The highest BCUT2D eigenvalue weighted by Crippen LogP contribution is 2.42. The van der Waals surface area contributed by atoms with Gasteiger partial charge in [-0.2, -0.15) is 0 Å². The molecule has 8 heteroatoms. The van der Waals surface area contributed by atoms with Crippen molar-refractivity contribution in [2.24, 2.45) is 0 Å². The third-order valence-electron chi connectivity index (χ3n) is 7.87. The van der Waals surface area contributed by atoms with E-state index in [1.54, 1.807) is 6.33 Å². The van der Waals surface area contributed by atoms with E-state index in [-0.39, 0.29) is 42.8 Å². The molecular formula is C29H38Cl2N4O2. The van der Waals surface area contributed by atoms with Crippen molar-refractivity contribution in [1.82, 2.24) is 19.8 Å². The number of aliphatic hydroxyl groups is 1. The van der Waals surface area contributed by atoms with Crippen LogP contribution < -0.4 is 5.32 Å². The molecule has 2 fully saturated rings. The largest absolute Gasteiger partial charge is 0.388 e. The molecule has 1 aliphatic heterocycles. The van der Waals surface area contributed by atoms with Gasteiger partial charge in [0.05, 0.1) is 23.7 Å². The van der Waals surface area contributed by atoms with Gasteiger partial charge in [-0.05, 0) is 31.2 Å². The van der Waals surface area contributed by atoms with Gasteiger partial charge in [0, 0.05) is 31.2 Å². The quantitative estimate of drug-likeness (QED) is 0.441. The van der Waals surface area contributed by atoms with E-state index in [0.29, 0.717) is 18.7 Å². The van der Waals surface area contributed by atoms with Gasteiger partial charge in [0.1, 0.15) is 0 Å². The van der Waals surface area contributed by atoms with Gasteiger partial charge < -0.3 is 19.9 Å². The van der Waals surface area contributed by atoms with E-state index in [1.807, 2.05) is 53.4 Å². The van der Waals surface area contributed by atoms with Gasteiger partial charge in [-0.3, -0.25) is 4.79 Å². The molecule has 6 nitrogen and oxygen atoms in total. The van der Waals surface area contributed by atoms with Crippen molar-refractivity contribution in [3.8, 4) is 11.3 Å². The summed E-state index contributed by atoms with van der Waals surface area (Å²) in [7, 11) is 0. The van der Waals surface area contributed by atoms with Crippen LogP contribution in [0.3, 0.4) is 0 Å². The number of halogens is 2. The number of hydrogen-bond acceptors (Lipinski definition) is 4. The summed E-state index contributed by atoms with van der Waals surface area (Å²) in [5.41, 5.74) is 2.72. The maximum absolute atomic E-state index is 14.1. The second-order valence-electron chi connectivity index (χ2n) is 9.98. The Morgan fingerprint density at radius 1 is 1.08 bits per heavy atom. The zero-order valence-electron chi connectivity index (χ0n) is 21.4. The van der Waals surface area contributed by atoms with Crippen LogP contribution in [0, 0.1) is 0 Å². The Labute approximate surface area is 232 Å². The van der Waals surface area contributed by atoms with E-state index in [2.05, 4.69) is 28.9 Å².